The average molecular weight is 289 g/mol. The summed E-state index contributed by atoms with van der Waals surface area (Å²) in [5.41, 5.74) is 1.63. The van der Waals surface area contributed by atoms with Crippen molar-refractivity contribution in [3.05, 3.63) is 64.2 Å². The van der Waals surface area contributed by atoms with Gasteiger partial charge in [-0.1, -0.05) is 23.7 Å². The minimum atomic E-state index is -0.541. The molecule has 20 heavy (non-hydrogen) atoms. The zero-order valence-electron chi connectivity index (χ0n) is 11.1. The molecule has 0 fully saturated rings. The number of halogens is 1. The summed E-state index contributed by atoms with van der Waals surface area (Å²) in [6.45, 7) is 3.29. The summed E-state index contributed by atoms with van der Waals surface area (Å²) in [5, 5.41) is 0.454. The van der Waals surface area contributed by atoms with Crippen molar-refractivity contribution in [1.29, 1.82) is 0 Å². The van der Waals surface area contributed by atoms with E-state index < -0.39 is 5.97 Å². The second kappa shape index (κ2) is 5.88. The van der Waals surface area contributed by atoms with E-state index in [4.69, 9.17) is 16.3 Å². The highest BCUT2D eigenvalue weighted by atomic mass is 35.5. The zero-order chi connectivity index (χ0) is 14.7. The maximum atomic E-state index is 12.1. The highest BCUT2D eigenvalue weighted by Gasteiger charge is 2.14. The van der Waals surface area contributed by atoms with E-state index in [1.54, 1.807) is 36.4 Å². The van der Waals surface area contributed by atoms with Crippen molar-refractivity contribution in [1.82, 2.24) is 0 Å². The van der Waals surface area contributed by atoms with Crippen molar-refractivity contribution in [2.75, 3.05) is 0 Å². The van der Waals surface area contributed by atoms with Gasteiger partial charge in [0.15, 0.2) is 5.78 Å². The van der Waals surface area contributed by atoms with Crippen LogP contribution in [0.1, 0.15) is 33.2 Å². The van der Waals surface area contributed by atoms with Gasteiger partial charge in [0.25, 0.3) is 0 Å². The number of aryl methyl sites for hydroxylation is 1. The van der Waals surface area contributed by atoms with Crippen molar-refractivity contribution in [2.24, 2.45) is 0 Å². The summed E-state index contributed by atoms with van der Waals surface area (Å²) in [6, 6.07) is 11.6. The van der Waals surface area contributed by atoms with Gasteiger partial charge in [0.05, 0.1) is 11.1 Å². The molecule has 0 aliphatic carbocycles. The SMILES string of the molecule is CC(=O)c1ccc(C)cc1OC(=O)c1cccc(Cl)c1. The number of rotatable bonds is 3. The minimum absolute atomic E-state index is 0.154. The molecule has 0 radical (unpaired) electrons. The highest BCUT2D eigenvalue weighted by Crippen LogP contribution is 2.22. The van der Waals surface area contributed by atoms with Gasteiger partial charge in [-0.15, -0.1) is 0 Å². The van der Waals surface area contributed by atoms with E-state index in [0.29, 0.717) is 16.1 Å². The van der Waals surface area contributed by atoms with Gasteiger partial charge in [-0.05, 0) is 49.7 Å². The Balaban J connectivity index is 2.32. The van der Waals surface area contributed by atoms with Gasteiger partial charge in [-0.3, -0.25) is 4.79 Å². The predicted molar refractivity (Wildman–Crippen MR) is 77.6 cm³/mol. The average Bonchev–Trinajstić information content (AvgIpc) is 2.38. The first kappa shape index (κ1) is 14.3. The van der Waals surface area contributed by atoms with Crippen LogP contribution in [0.5, 0.6) is 5.75 Å². The van der Waals surface area contributed by atoms with Crippen molar-refractivity contribution in [3.8, 4) is 5.75 Å². The molecule has 0 N–H and O–H groups in total. The van der Waals surface area contributed by atoms with E-state index in [-0.39, 0.29) is 11.5 Å². The van der Waals surface area contributed by atoms with E-state index in [9.17, 15) is 9.59 Å². The van der Waals surface area contributed by atoms with Gasteiger partial charge in [0.1, 0.15) is 5.75 Å². The summed E-state index contributed by atoms with van der Waals surface area (Å²) >= 11 is 5.84. The van der Waals surface area contributed by atoms with Crippen LogP contribution in [0.2, 0.25) is 5.02 Å². The van der Waals surface area contributed by atoms with Crippen molar-refractivity contribution in [3.63, 3.8) is 0 Å². The molecule has 2 rings (SSSR count). The third-order valence-electron chi connectivity index (χ3n) is 2.78. The van der Waals surface area contributed by atoms with Crippen LogP contribution < -0.4 is 4.74 Å². The van der Waals surface area contributed by atoms with Crippen LogP contribution in [0.25, 0.3) is 0 Å². The fraction of sp³-hybridized carbons (Fsp3) is 0.125. The Morgan fingerprint density at radius 1 is 1.10 bits per heavy atom. The second-order valence-corrected chi connectivity index (χ2v) is 4.89. The Labute approximate surface area is 122 Å². The second-order valence-electron chi connectivity index (χ2n) is 4.46. The van der Waals surface area contributed by atoms with Crippen LogP contribution >= 0.6 is 11.6 Å². The molecule has 0 amide bonds. The van der Waals surface area contributed by atoms with E-state index in [1.807, 2.05) is 6.92 Å². The Kier molecular flexibility index (Phi) is 4.20. The molecule has 0 spiro atoms. The van der Waals surface area contributed by atoms with E-state index in [0.717, 1.165) is 5.56 Å². The Morgan fingerprint density at radius 3 is 2.50 bits per heavy atom. The van der Waals surface area contributed by atoms with Crippen LogP contribution in [-0.2, 0) is 0 Å². The summed E-state index contributed by atoms with van der Waals surface area (Å²) in [5.74, 6) is -0.429. The third kappa shape index (κ3) is 3.25. The monoisotopic (exact) mass is 288 g/mol. The van der Waals surface area contributed by atoms with Crippen molar-refractivity contribution < 1.29 is 14.3 Å². The van der Waals surface area contributed by atoms with Gasteiger partial charge in [-0.2, -0.15) is 0 Å². The molecule has 102 valence electrons. The fourth-order valence-corrected chi connectivity index (χ4v) is 1.97. The molecular weight excluding hydrogens is 276 g/mol. The molecule has 2 aromatic rings. The van der Waals surface area contributed by atoms with Gasteiger partial charge in [-0.25, -0.2) is 4.79 Å². The zero-order valence-corrected chi connectivity index (χ0v) is 11.9. The molecule has 0 atom stereocenters. The number of hydrogen-bond acceptors (Lipinski definition) is 3. The number of Topliss-reactive ketones (excluding diaryl/α,β-unsaturated/α-hetero) is 1. The molecule has 0 unspecified atom stereocenters. The topological polar surface area (TPSA) is 43.4 Å². The van der Waals surface area contributed by atoms with Crippen molar-refractivity contribution >= 4 is 23.4 Å². The molecule has 0 saturated heterocycles. The lowest BCUT2D eigenvalue weighted by atomic mass is 10.1. The first-order valence-corrected chi connectivity index (χ1v) is 6.44. The van der Waals surface area contributed by atoms with Gasteiger partial charge >= 0.3 is 5.97 Å². The maximum Gasteiger partial charge on any atom is 0.343 e. The molecular formula is C16H13ClO3. The van der Waals surface area contributed by atoms with Crippen LogP contribution in [0, 0.1) is 6.92 Å². The summed E-state index contributed by atoms with van der Waals surface area (Å²) in [4.78, 5) is 23.6. The van der Waals surface area contributed by atoms with Gasteiger partial charge in [0.2, 0.25) is 0 Å². The molecule has 3 nitrogen and oxygen atoms in total. The molecule has 0 aliphatic rings. The standard InChI is InChI=1S/C16H13ClO3/c1-10-6-7-14(11(2)18)15(8-10)20-16(19)12-4-3-5-13(17)9-12/h3-9H,1-2H3. The number of ketones is 1. The minimum Gasteiger partial charge on any atom is -0.422 e. The lowest BCUT2D eigenvalue weighted by Crippen LogP contribution is -2.11. The Morgan fingerprint density at radius 2 is 1.85 bits per heavy atom. The smallest absolute Gasteiger partial charge is 0.343 e. The number of esters is 1. The maximum absolute atomic E-state index is 12.1. The molecule has 4 heteroatoms. The fourth-order valence-electron chi connectivity index (χ4n) is 1.78. The normalized spacial score (nSPS) is 10.2. The van der Waals surface area contributed by atoms with E-state index in [2.05, 4.69) is 0 Å². The van der Waals surface area contributed by atoms with E-state index >= 15 is 0 Å². The summed E-state index contributed by atoms with van der Waals surface area (Å²) in [7, 11) is 0. The predicted octanol–water partition coefficient (Wildman–Crippen LogP) is 4.07. The molecule has 0 aliphatic heterocycles. The van der Waals surface area contributed by atoms with Gasteiger partial charge in [0, 0.05) is 5.02 Å². The lowest BCUT2D eigenvalue weighted by molar-refractivity contribution is 0.0733. The van der Waals surface area contributed by atoms with Gasteiger partial charge < -0.3 is 4.74 Å². The summed E-state index contributed by atoms with van der Waals surface area (Å²) in [6.07, 6.45) is 0. The molecule has 2 aromatic carbocycles. The summed E-state index contributed by atoms with van der Waals surface area (Å²) < 4.78 is 5.31. The first-order chi connectivity index (χ1) is 9.47. The highest BCUT2D eigenvalue weighted by molar-refractivity contribution is 6.30. The molecule has 0 saturated carbocycles. The lowest BCUT2D eigenvalue weighted by Gasteiger charge is -2.09. The quantitative estimate of drug-likeness (QED) is 0.486. The largest absolute Gasteiger partial charge is 0.422 e. The van der Waals surface area contributed by atoms with Crippen LogP contribution in [0.3, 0.4) is 0 Å². The third-order valence-corrected chi connectivity index (χ3v) is 3.01. The Bertz CT molecular complexity index is 677. The van der Waals surface area contributed by atoms with Crippen molar-refractivity contribution in [2.45, 2.75) is 13.8 Å². The van der Waals surface area contributed by atoms with Crippen LogP contribution in [-0.4, -0.2) is 11.8 Å². The molecule has 0 heterocycles. The number of benzene rings is 2. The number of carbonyl (C=O) groups excluding carboxylic acids is 2. The number of ether oxygens (including phenoxy) is 1. The molecule has 0 bridgehead atoms. The Hall–Kier alpha value is -2.13. The molecule has 0 aromatic heterocycles. The van der Waals surface area contributed by atoms with Crippen LogP contribution in [0.4, 0.5) is 0 Å². The number of carbonyl (C=O) groups is 2. The first-order valence-electron chi connectivity index (χ1n) is 6.06. The van der Waals surface area contributed by atoms with Crippen LogP contribution in [0.15, 0.2) is 42.5 Å². The number of hydrogen-bond donors (Lipinski definition) is 0. The van der Waals surface area contributed by atoms with E-state index in [1.165, 1.54) is 13.0 Å².